The highest BCUT2D eigenvalue weighted by Crippen LogP contribution is 2.38. The summed E-state index contributed by atoms with van der Waals surface area (Å²) in [5, 5.41) is 7.23. The molecule has 10 heteroatoms. The van der Waals surface area contributed by atoms with Crippen molar-refractivity contribution >= 4 is 17.6 Å². The Balaban J connectivity index is 1.29. The van der Waals surface area contributed by atoms with Gasteiger partial charge in [-0.05, 0) is 50.3 Å². The number of benzene rings is 1. The van der Waals surface area contributed by atoms with E-state index in [9.17, 15) is 9.59 Å². The minimum absolute atomic E-state index is 0.0789. The predicted octanol–water partition coefficient (Wildman–Crippen LogP) is 2.86. The summed E-state index contributed by atoms with van der Waals surface area (Å²) in [6.07, 6.45) is 11.7. The molecule has 2 aromatic heterocycles. The molecule has 2 amide bonds. The van der Waals surface area contributed by atoms with E-state index < -0.39 is 0 Å². The summed E-state index contributed by atoms with van der Waals surface area (Å²) in [4.78, 5) is 39.0. The molecule has 206 valence electrons. The highest BCUT2D eigenvalue weighted by molar-refractivity contribution is 5.96. The topological polar surface area (TPSA) is 105 Å². The number of hydrogen-bond donors (Lipinski definition) is 1. The van der Waals surface area contributed by atoms with Crippen LogP contribution in [0.15, 0.2) is 55.1 Å². The molecule has 1 aromatic carbocycles. The van der Waals surface area contributed by atoms with E-state index in [4.69, 9.17) is 4.74 Å². The molecule has 4 heterocycles. The van der Waals surface area contributed by atoms with Crippen LogP contribution >= 0.6 is 0 Å². The smallest absolute Gasteiger partial charge is 0.255 e. The standard InChI is InChI=1S/C29H37N7O3/c1-34-23(9-13-33-34)7-8-27(37)36-18-11-29(12-19-36)10-4-17-35(26-21-30-14-15-31-26)20-16-32-28(38)24-5-2-3-6-25(24)39-22-29/h2-3,5-6,9,13-15,21H,4,7-8,10-12,16-20,22H2,1H3,(H,32,38). The van der Waals surface area contributed by atoms with Crippen LogP contribution in [0.25, 0.3) is 0 Å². The average molecular weight is 532 g/mol. The van der Waals surface area contributed by atoms with E-state index in [2.05, 4.69) is 25.3 Å². The van der Waals surface area contributed by atoms with E-state index in [0.717, 1.165) is 43.7 Å². The molecule has 1 saturated heterocycles. The number of piperidine rings is 1. The van der Waals surface area contributed by atoms with Crippen molar-refractivity contribution in [1.82, 2.24) is 30.0 Å². The second-order valence-electron chi connectivity index (χ2n) is 10.5. The number of anilines is 1. The molecule has 0 atom stereocenters. The first kappa shape index (κ1) is 26.6. The van der Waals surface area contributed by atoms with Gasteiger partial charge in [0.2, 0.25) is 5.91 Å². The molecule has 0 radical (unpaired) electrons. The molecule has 1 spiro atoms. The molecule has 1 fully saturated rings. The number of hydrogen-bond acceptors (Lipinski definition) is 7. The number of nitrogens with one attached hydrogen (secondary N) is 1. The lowest BCUT2D eigenvalue weighted by Crippen LogP contribution is -2.46. The Labute approximate surface area is 229 Å². The maximum absolute atomic E-state index is 13.0. The van der Waals surface area contributed by atoms with E-state index in [0.29, 0.717) is 56.9 Å². The van der Waals surface area contributed by atoms with E-state index in [1.165, 1.54) is 0 Å². The summed E-state index contributed by atoms with van der Waals surface area (Å²) in [5.41, 5.74) is 1.53. The van der Waals surface area contributed by atoms with Crippen molar-refractivity contribution in [2.45, 2.75) is 38.5 Å². The van der Waals surface area contributed by atoms with Crippen molar-refractivity contribution in [3.8, 4) is 5.75 Å². The third-order valence-electron chi connectivity index (χ3n) is 8.04. The molecule has 39 heavy (non-hydrogen) atoms. The maximum Gasteiger partial charge on any atom is 0.255 e. The second-order valence-corrected chi connectivity index (χ2v) is 10.5. The molecule has 2 aliphatic heterocycles. The zero-order valence-electron chi connectivity index (χ0n) is 22.6. The summed E-state index contributed by atoms with van der Waals surface area (Å²) in [6, 6.07) is 9.39. The number of nitrogens with zero attached hydrogens (tertiary/aromatic N) is 6. The van der Waals surface area contributed by atoms with Gasteiger partial charge in [0.05, 0.1) is 18.4 Å². The summed E-state index contributed by atoms with van der Waals surface area (Å²) in [5.74, 6) is 1.45. The Kier molecular flexibility index (Phi) is 8.39. The number of para-hydroxylation sites is 1. The Hall–Kier alpha value is -3.95. The molecule has 0 saturated carbocycles. The van der Waals surface area contributed by atoms with Gasteiger partial charge in [-0.1, -0.05) is 12.1 Å². The molecule has 0 bridgehead atoms. The largest absolute Gasteiger partial charge is 0.492 e. The van der Waals surface area contributed by atoms with Crippen molar-refractivity contribution in [3.63, 3.8) is 0 Å². The summed E-state index contributed by atoms with van der Waals surface area (Å²) >= 11 is 0. The molecule has 2 aliphatic rings. The van der Waals surface area contributed by atoms with Crippen LogP contribution in [0.4, 0.5) is 5.82 Å². The van der Waals surface area contributed by atoms with E-state index in [-0.39, 0.29) is 17.2 Å². The van der Waals surface area contributed by atoms with Gasteiger partial charge in [0, 0.05) is 75.9 Å². The second kappa shape index (κ2) is 12.3. The monoisotopic (exact) mass is 531 g/mol. The lowest BCUT2D eigenvalue weighted by Gasteiger charge is -2.42. The first-order valence-electron chi connectivity index (χ1n) is 13.8. The van der Waals surface area contributed by atoms with Crippen molar-refractivity contribution in [3.05, 3.63) is 66.4 Å². The molecule has 0 unspecified atom stereocenters. The van der Waals surface area contributed by atoms with Gasteiger partial charge in [0.25, 0.3) is 5.91 Å². The number of carbonyl (C=O) groups excluding carboxylic acids is 2. The van der Waals surface area contributed by atoms with Gasteiger partial charge in [-0.25, -0.2) is 4.98 Å². The van der Waals surface area contributed by atoms with Gasteiger partial charge >= 0.3 is 0 Å². The summed E-state index contributed by atoms with van der Waals surface area (Å²) in [7, 11) is 1.91. The number of fused-ring (bicyclic) bond motifs is 1. The van der Waals surface area contributed by atoms with E-state index in [1.807, 2.05) is 40.9 Å². The fourth-order valence-corrected chi connectivity index (χ4v) is 5.59. The Bertz CT molecular complexity index is 1250. The van der Waals surface area contributed by atoms with Crippen LogP contribution in [-0.2, 0) is 18.3 Å². The number of carbonyl (C=O) groups is 2. The van der Waals surface area contributed by atoms with Gasteiger partial charge in [-0.2, -0.15) is 5.10 Å². The van der Waals surface area contributed by atoms with E-state index in [1.54, 1.807) is 30.9 Å². The number of likely N-dealkylation sites (tertiary alicyclic amines) is 1. The number of aryl methyl sites for hydroxylation is 2. The van der Waals surface area contributed by atoms with Gasteiger partial charge in [-0.15, -0.1) is 0 Å². The van der Waals surface area contributed by atoms with Crippen molar-refractivity contribution < 1.29 is 14.3 Å². The first-order chi connectivity index (χ1) is 19.0. The van der Waals surface area contributed by atoms with Crippen molar-refractivity contribution in [2.24, 2.45) is 12.5 Å². The van der Waals surface area contributed by atoms with Gasteiger partial charge in [0.15, 0.2) is 0 Å². The molecule has 5 rings (SSSR count). The first-order valence-corrected chi connectivity index (χ1v) is 13.8. The van der Waals surface area contributed by atoms with Crippen LogP contribution in [0.1, 0.15) is 48.2 Å². The highest BCUT2D eigenvalue weighted by Gasteiger charge is 2.37. The van der Waals surface area contributed by atoms with Crippen molar-refractivity contribution in [2.75, 3.05) is 44.2 Å². The highest BCUT2D eigenvalue weighted by atomic mass is 16.5. The average Bonchev–Trinajstić information content (AvgIpc) is 3.39. The Morgan fingerprint density at radius 1 is 1.05 bits per heavy atom. The number of ether oxygens (including phenoxy) is 1. The number of rotatable bonds is 4. The predicted molar refractivity (Wildman–Crippen MR) is 148 cm³/mol. The fourth-order valence-electron chi connectivity index (χ4n) is 5.59. The third kappa shape index (κ3) is 6.55. The molecule has 1 N–H and O–H groups in total. The van der Waals surface area contributed by atoms with Crippen LogP contribution in [0.5, 0.6) is 5.75 Å². The van der Waals surface area contributed by atoms with Crippen LogP contribution in [0, 0.1) is 5.41 Å². The summed E-state index contributed by atoms with van der Waals surface area (Å²) < 4.78 is 8.20. The molecular formula is C29H37N7O3. The molecule has 0 aliphatic carbocycles. The summed E-state index contributed by atoms with van der Waals surface area (Å²) in [6.45, 7) is 3.87. The molecule has 3 aromatic rings. The lowest BCUT2D eigenvalue weighted by atomic mass is 9.75. The normalized spacial score (nSPS) is 18.2. The number of amides is 2. The molecular weight excluding hydrogens is 494 g/mol. The minimum Gasteiger partial charge on any atom is -0.492 e. The van der Waals surface area contributed by atoms with Crippen LogP contribution in [0.3, 0.4) is 0 Å². The van der Waals surface area contributed by atoms with Gasteiger partial charge < -0.3 is 19.9 Å². The van der Waals surface area contributed by atoms with Crippen LogP contribution < -0.4 is 15.0 Å². The minimum atomic E-state index is -0.146. The Morgan fingerprint density at radius 3 is 2.67 bits per heavy atom. The molecule has 10 nitrogen and oxygen atoms in total. The van der Waals surface area contributed by atoms with E-state index >= 15 is 0 Å². The Morgan fingerprint density at radius 2 is 1.90 bits per heavy atom. The SMILES string of the molecule is Cn1nccc1CCC(=O)N1CCC2(CCCN(c3cnccn3)CCNC(=O)c3ccccc3OC2)CC1. The quantitative estimate of drug-likeness (QED) is 0.552. The van der Waals surface area contributed by atoms with Crippen molar-refractivity contribution in [1.29, 1.82) is 0 Å². The fraction of sp³-hybridized carbons (Fsp3) is 0.483. The van der Waals surface area contributed by atoms with Gasteiger partial charge in [-0.3, -0.25) is 19.3 Å². The third-order valence-corrected chi connectivity index (χ3v) is 8.04. The van der Waals surface area contributed by atoms with Crippen LogP contribution in [0.2, 0.25) is 0 Å². The van der Waals surface area contributed by atoms with Crippen LogP contribution in [-0.4, -0.2) is 75.8 Å². The zero-order valence-corrected chi connectivity index (χ0v) is 22.6. The lowest BCUT2D eigenvalue weighted by molar-refractivity contribution is -0.134. The maximum atomic E-state index is 13.0. The zero-order chi connectivity index (χ0) is 27.1. The number of aromatic nitrogens is 4. The van der Waals surface area contributed by atoms with Gasteiger partial charge in [0.1, 0.15) is 11.6 Å².